The minimum atomic E-state index is -1.03. The summed E-state index contributed by atoms with van der Waals surface area (Å²) in [6.45, 7) is 1.18. The molecule has 2 bridgehead atoms. The number of nitrogens with zero attached hydrogens (tertiary/aromatic N) is 3. The van der Waals surface area contributed by atoms with Crippen LogP contribution in [0.4, 0.5) is 11.5 Å². The van der Waals surface area contributed by atoms with Crippen molar-refractivity contribution in [1.29, 1.82) is 0 Å². The molecule has 2 aromatic rings. The Morgan fingerprint density at radius 1 is 1.14 bits per heavy atom. The molecule has 3 N–H and O–H groups in total. The Hall–Kier alpha value is -3.23. The van der Waals surface area contributed by atoms with Crippen LogP contribution in [0.25, 0.3) is 0 Å². The second-order valence-electron chi connectivity index (χ2n) is 10.9. The molecule has 0 spiro atoms. The first-order chi connectivity index (χ1) is 18.0. The lowest BCUT2D eigenvalue weighted by Crippen LogP contribution is -2.49. The molecule has 194 valence electrons. The van der Waals surface area contributed by atoms with Gasteiger partial charge in [-0.15, -0.1) is 0 Å². The molecule has 1 aliphatic carbocycles. The maximum absolute atomic E-state index is 12.8. The molecule has 6 rings (SSSR count). The van der Waals surface area contributed by atoms with E-state index >= 15 is 0 Å². The molecule has 2 atom stereocenters. The number of aliphatic hydroxyl groups is 1. The minimum absolute atomic E-state index is 0.131. The van der Waals surface area contributed by atoms with E-state index in [0.717, 1.165) is 24.9 Å². The van der Waals surface area contributed by atoms with Crippen molar-refractivity contribution in [3.8, 4) is 0 Å². The molecule has 8 nitrogen and oxygen atoms in total. The van der Waals surface area contributed by atoms with Crippen molar-refractivity contribution >= 4 is 17.4 Å². The van der Waals surface area contributed by atoms with Crippen LogP contribution in [0.5, 0.6) is 0 Å². The third-order valence-corrected chi connectivity index (χ3v) is 8.35. The van der Waals surface area contributed by atoms with Gasteiger partial charge in [0.05, 0.1) is 18.5 Å². The number of piperidine rings is 1. The summed E-state index contributed by atoms with van der Waals surface area (Å²) < 4.78 is 1.47. The van der Waals surface area contributed by atoms with E-state index in [4.69, 9.17) is 0 Å². The maximum atomic E-state index is 12.8. The first-order valence-electron chi connectivity index (χ1n) is 13.5. The standard InChI is InChI=1S/C29H35N5O3/c35-27(11-6-20-4-2-1-3-5-20)33-14-12-29(37,13-15-33)18-34-19-30-26(17-28(34)36)31-21-7-8-22-23(16-21)25-10-9-24(22)32-25/h2,4-5,7-8,16-17,19,24-25,31-32,37H,1,3,6,9-15,18H2. The smallest absolute Gasteiger partial charge is 0.255 e. The lowest BCUT2D eigenvalue weighted by atomic mass is 9.91. The van der Waals surface area contributed by atoms with Gasteiger partial charge < -0.3 is 20.6 Å². The summed E-state index contributed by atoms with van der Waals surface area (Å²) in [6, 6.07) is 8.73. The van der Waals surface area contributed by atoms with Gasteiger partial charge in [0.1, 0.15) is 5.82 Å². The zero-order valence-corrected chi connectivity index (χ0v) is 21.2. The van der Waals surface area contributed by atoms with Crippen LogP contribution in [-0.2, 0) is 11.3 Å². The van der Waals surface area contributed by atoms with Crippen molar-refractivity contribution in [2.45, 2.75) is 75.6 Å². The number of carbonyl (C=O) groups excluding carboxylic acids is 1. The number of hydrogen-bond acceptors (Lipinski definition) is 6. The second-order valence-corrected chi connectivity index (χ2v) is 10.9. The van der Waals surface area contributed by atoms with Gasteiger partial charge in [-0.1, -0.05) is 29.9 Å². The zero-order chi connectivity index (χ0) is 25.4. The molecular weight excluding hydrogens is 466 g/mol. The number of benzene rings is 1. The molecule has 1 aromatic carbocycles. The summed E-state index contributed by atoms with van der Waals surface area (Å²) in [6.07, 6.45) is 14.6. The molecule has 4 aliphatic rings. The van der Waals surface area contributed by atoms with Gasteiger partial charge in [0.15, 0.2) is 0 Å². The average Bonchev–Trinajstić information content (AvgIpc) is 3.53. The van der Waals surface area contributed by atoms with Crippen LogP contribution in [0.2, 0.25) is 0 Å². The van der Waals surface area contributed by atoms with Gasteiger partial charge in [0, 0.05) is 43.3 Å². The van der Waals surface area contributed by atoms with Crippen LogP contribution in [0.3, 0.4) is 0 Å². The van der Waals surface area contributed by atoms with Crippen LogP contribution < -0.4 is 16.2 Å². The summed E-state index contributed by atoms with van der Waals surface area (Å²) in [4.78, 5) is 31.8. The van der Waals surface area contributed by atoms with E-state index < -0.39 is 5.60 Å². The van der Waals surface area contributed by atoms with Crippen molar-refractivity contribution in [3.63, 3.8) is 0 Å². The molecule has 0 saturated carbocycles. The summed E-state index contributed by atoms with van der Waals surface area (Å²) >= 11 is 0. The molecule has 8 heteroatoms. The molecule has 0 radical (unpaired) electrons. The lowest BCUT2D eigenvalue weighted by molar-refractivity contribution is -0.135. The fraction of sp³-hybridized carbons (Fsp3) is 0.483. The number of fused-ring (bicyclic) bond motifs is 5. The molecular formula is C29H35N5O3. The van der Waals surface area contributed by atoms with Gasteiger partial charge in [0.2, 0.25) is 5.91 Å². The first-order valence-corrected chi connectivity index (χ1v) is 13.5. The van der Waals surface area contributed by atoms with Crippen LogP contribution in [0.1, 0.15) is 74.6 Å². The Morgan fingerprint density at radius 2 is 1.95 bits per heavy atom. The van der Waals surface area contributed by atoms with E-state index in [1.807, 2.05) is 11.0 Å². The number of hydrogen-bond donors (Lipinski definition) is 3. The molecule has 3 aliphatic heterocycles. The van der Waals surface area contributed by atoms with Gasteiger partial charge in [-0.3, -0.25) is 14.2 Å². The van der Waals surface area contributed by atoms with E-state index in [-0.39, 0.29) is 18.0 Å². The SMILES string of the molecule is O=C(CCC1=CCCC=C1)N1CCC(O)(Cn2cnc(Nc3ccc4c(c3)C3CCC4N3)cc2=O)CC1. The second kappa shape index (κ2) is 9.91. The first kappa shape index (κ1) is 24.1. The fourth-order valence-corrected chi connectivity index (χ4v) is 6.18. The number of carbonyl (C=O) groups is 1. The van der Waals surface area contributed by atoms with Gasteiger partial charge in [0.25, 0.3) is 5.56 Å². The number of nitrogens with one attached hydrogen (secondary N) is 2. The summed E-state index contributed by atoms with van der Waals surface area (Å²) in [5, 5.41) is 18.0. The highest BCUT2D eigenvalue weighted by Gasteiger charge is 2.36. The van der Waals surface area contributed by atoms with Crippen molar-refractivity contribution in [3.05, 3.63) is 75.9 Å². The van der Waals surface area contributed by atoms with Crippen LogP contribution >= 0.6 is 0 Å². The van der Waals surface area contributed by atoms with E-state index in [1.54, 1.807) is 0 Å². The van der Waals surface area contributed by atoms with Gasteiger partial charge in [-0.25, -0.2) is 4.98 Å². The van der Waals surface area contributed by atoms with Crippen LogP contribution in [0.15, 0.2) is 59.2 Å². The largest absolute Gasteiger partial charge is 0.388 e. The van der Waals surface area contributed by atoms with Crippen molar-refractivity contribution in [2.75, 3.05) is 18.4 Å². The molecule has 1 aromatic heterocycles. The number of rotatable bonds is 7. The molecule has 37 heavy (non-hydrogen) atoms. The van der Waals surface area contributed by atoms with Crippen molar-refractivity contribution in [2.24, 2.45) is 0 Å². The molecule has 1 amide bonds. The van der Waals surface area contributed by atoms with E-state index in [1.165, 1.54) is 46.5 Å². The highest BCUT2D eigenvalue weighted by molar-refractivity contribution is 5.76. The van der Waals surface area contributed by atoms with Gasteiger partial charge in [-0.05, 0) is 68.2 Å². The number of aromatic nitrogens is 2. The topological polar surface area (TPSA) is 99.5 Å². The highest BCUT2D eigenvalue weighted by atomic mass is 16.3. The number of allylic oxidation sites excluding steroid dienone is 4. The average molecular weight is 502 g/mol. The Balaban J connectivity index is 1.03. The zero-order valence-electron chi connectivity index (χ0n) is 21.2. The van der Waals surface area contributed by atoms with E-state index in [2.05, 4.69) is 46.0 Å². The van der Waals surface area contributed by atoms with Crippen molar-refractivity contribution < 1.29 is 9.90 Å². The third kappa shape index (κ3) is 5.13. The number of amides is 1. The lowest BCUT2D eigenvalue weighted by Gasteiger charge is -2.38. The van der Waals surface area contributed by atoms with Crippen LogP contribution in [-0.4, -0.2) is 44.2 Å². The Bertz CT molecular complexity index is 1300. The molecule has 2 fully saturated rings. The summed E-state index contributed by atoms with van der Waals surface area (Å²) in [5.74, 6) is 0.624. The Kier molecular flexibility index (Phi) is 6.46. The third-order valence-electron chi connectivity index (χ3n) is 8.35. The number of anilines is 2. The van der Waals surface area contributed by atoms with Gasteiger partial charge >= 0.3 is 0 Å². The molecule has 2 unspecified atom stereocenters. The molecule has 4 heterocycles. The Labute approximate surface area is 217 Å². The summed E-state index contributed by atoms with van der Waals surface area (Å²) in [5.41, 5.74) is 3.63. The monoisotopic (exact) mass is 501 g/mol. The van der Waals surface area contributed by atoms with Crippen LogP contribution in [0, 0.1) is 0 Å². The predicted molar refractivity (Wildman–Crippen MR) is 143 cm³/mol. The fourth-order valence-electron chi connectivity index (χ4n) is 6.18. The van der Waals surface area contributed by atoms with Crippen molar-refractivity contribution in [1.82, 2.24) is 19.8 Å². The normalized spacial score (nSPS) is 23.6. The molecule has 2 saturated heterocycles. The Morgan fingerprint density at radius 3 is 2.70 bits per heavy atom. The quantitative estimate of drug-likeness (QED) is 0.533. The highest BCUT2D eigenvalue weighted by Crippen LogP contribution is 2.45. The predicted octanol–water partition coefficient (Wildman–Crippen LogP) is 3.88. The summed E-state index contributed by atoms with van der Waals surface area (Å²) in [7, 11) is 0. The number of likely N-dealkylation sites (tertiary alicyclic amines) is 1. The minimum Gasteiger partial charge on any atom is -0.388 e. The van der Waals surface area contributed by atoms with Gasteiger partial charge in [-0.2, -0.15) is 0 Å². The maximum Gasteiger partial charge on any atom is 0.255 e. The van der Waals surface area contributed by atoms with E-state index in [9.17, 15) is 14.7 Å². The van der Waals surface area contributed by atoms with E-state index in [0.29, 0.717) is 50.3 Å².